The van der Waals surface area contributed by atoms with Gasteiger partial charge in [0.15, 0.2) is 0 Å². The van der Waals surface area contributed by atoms with Crippen LogP contribution in [0.25, 0.3) is 0 Å². The number of nitrogens with one attached hydrogen (secondary N) is 1. The summed E-state index contributed by atoms with van der Waals surface area (Å²) < 4.78 is 6.18. The van der Waals surface area contributed by atoms with Crippen molar-refractivity contribution in [3.05, 3.63) is 40.0 Å². The molecule has 1 N–H and O–H groups in total. The second kappa shape index (κ2) is 8.96. The fourth-order valence-electron chi connectivity index (χ4n) is 3.88. The number of aryl methyl sites for hydroxylation is 1. The van der Waals surface area contributed by atoms with E-state index in [2.05, 4.69) is 21.8 Å². The van der Waals surface area contributed by atoms with Crippen LogP contribution in [0.3, 0.4) is 0 Å². The summed E-state index contributed by atoms with van der Waals surface area (Å²) in [6.45, 7) is 8.54. The third-order valence-electron chi connectivity index (χ3n) is 5.60. The molecule has 7 nitrogen and oxygen atoms in total. The molecule has 2 aromatic rings. The molecule has 30 heavy (non-hydrogen) atoms. The molecule has 2 fully saturated rings. The zero-order valence-corrected chi connectivity index (χ0v) is 18.7. The number of hydrogen-bond donors (Lipinski definition) is 1. The largest absolute Gasteiger partial charge is 0.474 e. The average Bonchev–Trinajstić information content (AvgIpc) is 3.11. The zero-order chi connectivity index (χ0) is 21.3. The molecule has 2 aliphatic rings. The van der Waals surface area contributed by atoms with E-state index in [0.717, 1.165) is 43.9 Å². The number of anilines is 2. The van der Waals surface area contributed by atoms with Gasteiger partial charge in [0.25, 0.3) is 0 Å². The fraction of sp³-hybridized carbons (Fsp3) is 0.476. The lowest BCUT2D eigenvalue weighted by atomic mass is 10.1. The van der Waals surface area contributed by atoms with Crippen LogP contribution in [0.2, 0.25) is 10.0 Å². The number of aromatic nitrogens is 2. The van der Waals surface area contributed by atoms with Crippen LogP contribution < -0.4 is 14.5 Å². The highest BCUT2D eigenvalue weighted by Gasteiger charge is 2.30. The van der Waals surface area contributed by atoms with Gasteiger partial charge < -0.3 is 14.5 Å². The monoisotopic (exact) mass is 448 g/mol. The van der Waals surface area contributed by atoms with E-state index >= 15 is 0 Å². The van der Waals surface area contributed by atoms with Crippen molar-refractivity contribution < 1.29 is 4.74 Å². The summed E-state index contributed by atoms with van der Waals surface area (Å²) in [6, 6.07) is 7.25. The standard InChI is InChI=1S/C21H26Cl2N6O/c1-3-27-8-6-16(7-9-27)30-19-12-14(2)25-21(26-19)29-11-10-28(20(29)24)15-4-5-17(22)18(23)13-15/h4-5,12-13,16,24H,3,6-11H2,1-2H3. The summed E-state index contributed by atoms with van der Waals surface area (Å²) in [7, 11) is 0. The minimum absolute atomic E-state index is 0.167. The van der Waals surface area contributed by atoms with Crippen LogP contribution in [0.1, 0.15) is 25.5 Å². The van der Waals surface area contributed by atoms with Crippen molar-refractivity contribution in [2.45, 2.75) is 32.8 Å². The molecule has 1 aromatic heterocycles. The average molecular weight is 449 g/mol. The fourth-order valence-corrected chi connectivity index (χ4v) is 4.17. The van der Waals surface area contributed by atoms with E-state index < -0.39 is 0 Å². The molecule has 0 aliphatic carbocycles. The van der Waals surface area contributed by atoms with Gasteiger partial charge in [-0.15, -0.1) is 0 Å². The van der Waals surface area contributed by atoms with Crippen LogP contribution >= 0.6 is 23.2 Å². The summed E-state index contributed by atoms with van der Waals surface area (Å²) in [4.78, 5) is 15.3. The number of benzene rings is 1. The van der Waals surface area contributed by atoms with Gasteiger partial charge in [-0.25, -0.2) is 4.98 Å². The molecule has 3 heterocycles. The van der Waals surface area contributed by atoms with Crippen LogP contribution in [-0.2, 0) is 0 Å². The number of ether oxygens (including phenoxy) is 1. The number of nitrogens with zero attached hydrogens (tertiary/aromatic N) is 5. The Kier molecular flexibility index (Phi) is 6.32. The lowest BCUT2D eigenvalue weighted by Gasteiger charge is -2.31. The van der Waals surface area contributed by atoms with E-state index in [0.29, 0.717) is 40.9 Å². The molecule has 0 saturated carbocycles. The van der Waals surface area contributed by atoms with Crippen LogP contribution in [0, 0.1) is 12.3 Å². The first-order valence-electron chi connectivity index (χ1n) is 10.3. The highest BCUT2D eigenvalue weighted by atomic mass is 35.5. The molecule has 0 unspecified atom stereocenters. The van der Waals surface area contributed by atoms with Crippen molar-refractivity contribution in [1.29, 1.82) is 5.41 Å². The Labute approximate surface area is 187 Å². The van der Waals surface area contributed by atoms with E-state index in [1.807, 2.05) is 24.0 Å². The van der Waals surface area contributed by atoms with Crippen molar-refractivity contribution in [2.24, 2.45) is 0 Å². The molecule has 0 spiro atoms. The Morgan fingerprint density at radius 3 is 2.47 bits per heavy atom. The SMILES string of the molecule is CCN1CCC(Oc2cc(C)nc(N3CCN(c4ccc(Cl)c(Cl)c4)C3=N)n2)CC1. The minimum Gasteiger partial charge on any atom is -0.474 e. The first kappa shape index (κ1) is 21.2. The molecule has 2 aliphatic heterocycles. The minimum atomic E-state index is 0.167. The van der Waals surface area contributed by atoms with E-state index in [1.54, 1.807) is 17.0 Å². The summed E-state index contributed by atoms with van der Waals surface area (Å²) in [5.41, 5.74) is 1.64. The van der Waals surface area contributed by atoms with Crippen LogP contribution in [0.4, 0.5) is 11.6 Å². The predicted molar refractivity (Wildman–Crippen MR) is 121 cm³/mol. The normalized spacial score (nSPS) is 18.3. The maximum absolute atomic E-state index is 8.65. The number of piperidine rings is 1. The summed E-state index contributed by atoms with van der Waals surface area (Å²) in [6.07, 6.45) is 2.16. The van der Waals surface area contributed by atoms with E-state index in [1.165, 1.54) is 0 Å². The first-order valence-corrected chi connectivity index (χ1v) is 11.0. The van der Waals surface area contributed by atoms with E-state index in [4.69, 9.17) is 33.3 Å². The van der Waals surface area contributed by atoms with E-state index in [9.17, 15) is 0 Å². The second-order valence-corrected chi connectivity index (χ2v) is 8.44. The number of halogens is 2. The molecule has 1 aromatic carbocycles. The summed E-state index contributed by atoms with van der Waals surface area (Å²) >= 11 is 12.2. The highest BCUT2D eigenvalue weighted by molar-refractivity contribution is 6.42. The molecule has 9 heteroatoms. The van der Waals surface area contributed by atoms with Gasteiger partial charge >= 0.3 is 0 Å². The maximum atomic E-state index is 8.65. The van der Waals surface area contributed by atoms with Gasteiger partial charge in [-0.2, -0.15) is 4.98 Å². The van der Waals surface area contributed by atoms with Gasteiger partial charge in [0.1, 0.15) is 6.10 Å². The van der Waals surface area contributed by atoms with Crippen molar-refractivity contribution in [3.8, 4) is 5.88 Å². The number of rotatable bonds is 5. The lowest BCUT2D eigenvalue weighted by Crippen LogP contribution is -2.38. The van der Waals surface area contributed by atoms with Crippen LogP contribution in [-0.4, -0.2) is 59.7 Å². The lowest BCUT2D eigenvalue weighted by molar-refractivity contribution is 0.0997. The van der Waals surface area contributed by atoms with Gasteiger partial charge in [0.2, 0.25) is 17.8 Å². The Hall–Kier alpha value is -2.09. The zero-order valence-electron chi connectivity index (χ0n) is 17.2. The third-order valence-corrected chi connectivity index (χ3v) is 6.34. The topological polar surface area (TPSA) is 68.6 Å². The number of likely N-dealkylation sites (tertiary alicyclic amines) is 1. The predicted octanol–water partition coefficient (Wildman–Crippen LogP) is 4.22. The molecule has 2 saturated heterocycles. The van der Waals surface area contributed by atoms with Crippen molar-refractivity contribution >= 4 is 40.8 Å². The Morgan fingerprint density at radius 2 is 1.77 bits per heavy atom. The third kappa shape index (κ3) is 4.48. The van der Waals surface area contributed by atoms with Gasteiger partial charge in [-0.1, -0.05) is 30.1 Å². The first-order chi connectivity index (χ1) is 14.4. The number of guanidine groups is 1. The van der Waals surface area contributed by atoms with Crippen molar-refractivity contribution in [3.63, 3.8) is 0 Å². The highest BCUT2D eigenvalue weighted by Crippen LogP contribution is 2.30. The van der Waals surface area contributed by atoms with Gasteiger partial charge in [-0.05, 0) is 44.5 Å². The molecular weight excluding hydrogens is 423 g/mol. The quantitative estimate of drug-likeness (QED) is 0.738. The smallest absolute Gasteiger partial charge is 0.235 e. The Balaban J connectivity index is 1.49. The molecule has 0 atom stereocenters. The second-order valence-electron chi connectivity index (χ2n) is 7.62. The summed E-state index contributed by atoms with van der Waals surface area (Å²) in [5, 5.41) is 9.62. The molecule has 4 rings (SSSR count). The molecule has 0 amide bonds. The van der Waals surface area contributed by atoms with Crippen molar-refractivity contribution in [1.82, 2.24) is 14.9 Å². The molecular formula is C21H26Cl2N6O. The van der Waals surface area contributed by atoms with Gasteiger partial charge in [-0.3, -0.25) is 10.3 Å². The molecule has 0 bridgehead atoms. The Morgan fingerprint density at radius 1 is 1.03 bits per heavy atom. The van der Waals surface area contributed by atoms with Gasteiger partial charge in [0.05, 0.1) is 10.0 Å². The summed E-state index contributed by atoms with van der Waals surface area (Å²) in [5.74, 6) is 1.37. The van der Waals surface area contributed by atoms with E-state index in [-0.39, 0.29) is 6.10 Å². The maximum Gasteiger partial charge on any atom is 0.235 e. The molecule has 160 valence electrons. The van der Waals surface area contributed by atoms with Crippen LogP contribution in [0.15, 0.2) is 24.3 Å². The van der Waals surface area contributed by atoms with Gasteiger partial charge in [0, 0.05) is 43.6 Å². The van der Waals surface area contributed by atoms with Crippen molar-refractivity contribution in [2.75, 3.05) is 42.5 Å². The van der Waals surface area contributed by atoms with Crippen LogP contribution in [0.5, 0.6) is 5.88 Å². The Bertz CT molecular complexity index is 932. The molecule has 0 radical (unpaired) electrons. The number of hydrogen-bond acceptors (Lipinski definition) is 5.